The molecule has 94 valence electrons. The Morgan fingerprint density at radius 1 is 1.35 bits per heavy atom. The second kappa shape index (κ2) is 3.53. The van der Waals surface area contributed by atoms with Gasteiger partial charge in [-0.15, -0.1) is 0 Å². The minimum absolute atomic E-state index is 0.0180. The van der Waals surface area contributed by atoms with E-state index in [4.69, 9.17) is 0 Å². The molecule has 4 nitrogen and oxygen atoms in total. The number of hydrogen-bond acceptors (Lipinski definition) is 3. The van der Waals surface area contributed by atoms with E-state index in [0.717, 1.165) is 11.4 Å². The van der Waals surface area contributed by atoms with E-state index in [1.54, 1.807) is 6.08 Å². The first-order valence-corrected chi connectivity index (χ1v) is 7.04. The van der Waals surface area contributed by atoms with Crippen LogP contribution >= 0.6 is 0 Å². The van der Waals surface area contributed by atoms with Crippen LogP contribution in [0.3, 0.4) is 0 Å². The molecule has 0 amide bonds. The Morgan fingerprint density at radius 2 is 1.94 bits per heavy atom. The number of aliphatic imine (C=N–C) groups is 1. The van der Waals surface area contributed by atoms with Crippen molar-refractivity contribution in [1.82, 2.24) is 0 Å². The van der Waals surface area contributed by atoms with Crippen LogP contribution in [0.2, 0.25) is 0 Å². The van der Waals surface area contributed by atoms with Gasteiger partial charge in [0.15, 0.2) is 0 Å². The van der Waals surface area contributed by atoms with E-state index in [1.165, 1.54) is 6.08 Å². The van der Waals surface area contributed by atoms with Crippen LogP contribution in [-0.4, -0.2) is 18.7 Å². The van der Waals surface area contributed by atoms with Gasteiger partial charge in [0.25, 0.3) is 10.1 Å². The van der Waals surface area contributed by atoms with Gasteiger partial charge in [0.05, 0.1) is 4.91 Å². The Labute approximate surface area is 102 Å². The smallest absolute Gasteiger partial charge is 0.282 e. The first kappa shape index (κ1) is 12.5. The van der Waals surface area contributed by atoms with Crippen LogP contribution in [0.15, 0.2) is 27.7 Å². The summed E-state index contributed by atoms with van der Waals surface area (Å²) in [5.74, 6) is -0.231. The molecule has 0 saturated carbocycles. The van der Waals surface area contributed by atoms with E-state index in [2.05, 4.69) is 18.8 Å². The lowest BCUT2D eigenvalue weighted by molar-refractivity contribution is 0.303. The van der Waals surface area contributed by atoms with E-state index in [9.17, 15) is 13.0 Å². The molecule has 0 aromatic heterocycles. The Kier molecular flexibility index (Phi) is 2.60. The molecule has 17 heavy (non-hydrogen) atoms. The molecule has 2 aliphatic rings. The monoisotopic (exact) mass is 255 g/mol. The zero-order chi connectivity index (χ0) is 13.0. The largest absolute Gasteiger partial charge is 0.290 e. The van der Waals surface area contributed by atoms with Crippen LogP contribution in [-0.2, 0) is 10.1 Å². The standard InChI is InChI=1S/C12H17NO3S/c1-7-10(17(14,15)16)6-5-9-11(7)12(3,4)8(2)13-9/h5-7,11H,1-4H3,(H,14,15,16). The van der Waals surface area contributed by atoms with Crippen LogP contribution in [0.1, 0.15) is 27.7 Å². The summed E-state index contributed by atoms with van der Waals surface area (Å²) in [7, 11) is -4.12. The molecule has 0 fully saturated rings. The molecule has 0 saturated heterocycles. The minimum atomic E-state index is -4.12. The summed E-state index contributed by atoms with van der Waals surface area (Å²) in [5, 5.41) is 0. The van der Waals surface area contributed by atoms with E-state index in [0.29, 0.717) is 0 Å². The summed E-state index contributed by atoms with van der Waals surface area (Å²) in [6.45, 7) is 7.90. The van der Waals surface area contributed by atoms with Gasteiger partial charge in [-0.2, -0.15) is 8.42 Å². The molecule has 1 N–H and O–H groups in total. The summed E-state index contributed by atoms with van der Waals surface area (Å²) in [5.41, 5.74) is 1.74. The Morgan fingerprint density at radius 3 is 2.47 bits per heavy atom. The van der Waals surface area contributed by atoms with E-state index >= 15 is 0 Å². The summed E-state index contributed by atoms with van der Waals surface area (Å²) >= 11 is 0. The van der Waals surface area contributed by atoms with Gasteiger partial charge in [0.1, 0.15) is 0 Å². The fourth-order valence-corrected chi connectivity index (χ4v) is 3.67. The van der Waals surface area contributed by atoms with Crippen molar-refractivity contribution in [1.29, 1.82) is 0 Å². The normalized spacial score (nSPS) is 31.5. The van der Waals surface area contributed by atoms with Crippen LogP contribution < -0.4 is 0 Å². The third kappa shape index (κ3) is 1.77. The Hall–Kier alpha value is -0.940. The highest BCUT2D eigenvalue weighted by Crippen LogP contribution is 2.49. The Balaban J connectivity index is 2.54. The molecular weight excluding hydrogens is 238 g/mol. The van der Waals surface area contributed by atoms with Gasteiger partial charge in [-0.25, -0.2) is 0 Å². The summed E-state index contributed by atoms with van der Waals surface area (Å²) < 4.78 is 31.8. The fraction of sp³-hybridized carbons (Fsp3) is 0.583. The van der Waals surface area contributed by atoms with Gasteiger partial charge >= 0.3 is 0 Å². The van der Waals surface area contributed by atoms with Crippen molar-refractivity contribution in [2.45, 2.75) is 27.7 Å². The maximum Gasteiger partial charge on any atom is 0.290 e. The number of hydrogen-bond donors (Lipinski definition) is 1. The molecule has 5 heteroatoms. The van der Waals surface area contributed by atoms with Crippen molar-refractivity contribution in [3.05, 3.63) is 22.8 Å². The molecule has 0 aromatic carbocycles. The van der Waals surface area contributed by atoms with Crippen molar-refractivity contribution >= 4 is 15.8 Å². The SMILES string of the molecule is CC1=NC2=CC=C(S(=O)(=O)O)C(C)C2C1(C)C. The third-order valence-corrected chi connectivity index (χ3v) is 5.09. The number of rotatable bonds is 1. The second-order valence-corrected chi connectivity index (χ2v) is 6.74. The van der Waals surface area contributed by atoms with Crippen LogP contribution in [0.4, 0.5) is 0 Å². The summed E-state index contributed by atoms with van der Waals surface area (Å²) in [6.07, 6.45) is 3.16. The lowest BCUT2D eigenvalue weighted by Gasteiger charge is -2.34. The summed E-state index contributed by atoms with van der Waals surface area (Å²) in [4.78, 5) is 4.57. The minimum Gasteiger partial charge on any atom is -0.282 e. The lowest BCUT2D eigenvalue weighted by atomic mass is 9.69. The van der Waals surface area contributed by atoms with Gasteiger partial charge in [0.2, 0.25) is 0 Å². The first-order valence-electron chi connectivity index (χ1n) is 5.60. The highest BCUT2D eigenvalue weighted by atomic mass is 32.2. The molecule has 2 unspecified atom stereocenters. The molecule has 1 aliphatic carbocycles. The van der Waals surface area contributed by atoms with Gasteiger partial charge < -0.3 is 0 Å². The first-order chi connectivity index (χ1) is 7.65. The lowest BCUT2D eigenvalue weighted by Crippen LogP contribution is -2.34. The molecule has 1 heterocycles. The van der Waals surface area contributed by atoms with Crippen molar-refractivity contribution in [2.24, 2.45) is 22.2 Å². The third-order valence-electron chi connectivity index (χ3n) is 3.99. The van der Waals surface area contributed by atoms with Crippen LogP contribution in [0.25, 0.3) is 0 Å². The molecule has 0 spiro atoms. The van der Waals surface area contributed by atoms with Crippen LogP contribution in [0.5, 0.6) is 0 Å². The maximum absolute atomic E-state index is 11.3. The molecular formula is C12H17NO3S. The predicted octanol–water partition coefficient (Wildman–Crippen LogP) is 2.41. The van der Waals surface area contributed by atoms with Crippen LogP contribution in [0, 0.1) is 17.3 Å². The average molecular weight is 255 g/mol. The quantitative estimate of drug-likeness (QED) is 0.732. The number of fused-ring (bicyclic) bond motifs is 1. The van der Waals surface area contributed by atoms with Gasteiger partial charge in [-0.1, -0.05) is 20.8 Å². The predicted molar refractivity (Wildman–Crippen MR) is 67.3 cm³/mol. The second-order valence-electron chi connectivity index (χ2n) is 5.32. The highest BCUT2D eigenvalue weighted by molar-refractivity contribution is 7.89. The van der Waals surface area contributed by atoms with Crippen molar-refractivity contribution in [3.63, 3.8) is 0 Å². The number of nitrogens with zero attached hydrogens (tertiary/aromatic N) is 1. The van der Waals surface area contributed by atoms with E-state index in [1.807, 2.05) is 13.8 Å². The Bertz CT molecular complexity index is 552. The average Bonchev–Trinajstić information content (AvgIpc) is 2.36. The number of allylic oxidation sites excluding steroid dienone is 4. The van der Waals surface area contributed by atoms with E-state index in [-0.39, 0.29) is 22.2 Å². The van der Waals surface area contributed by atoms with Gasteiger partial charge in [-0.3, -0.25) is 9.55 Å². The molecule has 2 rings (SSSR count). The van der Waals surface area contributed by atoms with E-state index < -0.39 is 10.1 Å². The van der Waals surface area contributed by atoms with Crippen molar-refractivity contribution < 1.29 is 13.0 Å². The van der Waals surface area contributed by atoms with Crippen molar-refractivity contribution in [3.8, 4) is 0 Å². The molecule has 2 atom stereocenters. The molecule has 0 bridgehead atoms. The summed E-state index contributed by atoms with van der Waals surface area (Å²) in [6, 6.07) is 0. The maximum atomic E-state index is 11.3. The zero-order valence-electron chi connectivity index (χ0n) is 10.4. The highest BCUT2D eigenvalue weighted by Gasteiger charge is 2.46. The zero-order valence-corrected chi connectivity index (χ0v) is 11.2. The molecule has 0 aromatic rings. The van der Waals surface area contributed by atoms with Gasteiger partial charge in [0, 0.05) is 28.7 Å². The molecule has 0 radical (unpaired) electrons. The topological polar surface area (TPSA) is 66.7 Å². The molecule has 1 aliphatic heterocycles. The van der Waals surface area contributed by atoms with Crippen molar-refractivity contribution in [2.75, 3.05) is 0 Å². The fourth-order valence-electron chi connectivity index (χ4n) is 2.83. The van der Waals surface area contributed by atoms with Gasteiger partial charge in [-0.05, 0) is 19.1 Å².